The van der Waals surface area contributed by atoms with Crippen molar-refractivity contribution >= 4 is 49.8 Å². The van der Waals surface area contributed by atoms with E-state index in [2.05, 4.69) is 254 Å². The molecule has 0 saturated heterocycles. The first kappa shape index (κ1) is 38.9. The minimum absolute atomic E-state index is 0.895. The summed E-state index contributed by atoms with van der Waals surface area (Å²) in [6.07, 6.45) is 0. The maximum absolute atomic E-state index is 6.19. The Hall–Kier alpha value is -8.72. The summed E-state index contributed by atoms with van der Waals surface area (Å²) in [5.41, 5.74) is 19.2. The second kappa shape index (κ2) is 16.8. The standard InChI is InChI=1S/C64H43NO/c1-3-12-44(13-4-1)55-39-56(45-14-5-2-6-15-45)41-57(40-55)50-30-35-59(36-31-50)65(60-19-11-18-52(42-60)54-32-37-64-62(43-54)61-20-9-10-21-63(61)66-64)58-33-28-48(29-34-58)47-22-24-49(25-23-47)53-27-26-46-16-7-8-17-51(46)38-53/h1-43H. The van der Waals surface area contributed by atoms with Crippen molar-refractivity contribution in [3.05, 3.63) is 261 Å². The van der Waals surface area contributed by atoms with E-state index < -0.39 is 0 Å². The van der Waals surface area contributed by atoms with Gasteiger partial charge in [-0.3, -0.25) is 0 Å². The zero-order valence-electron chi connectivity index (χ0n) is 36.2. The Morgan fingerprint density at radius 3 is 1.27 bits per heavy atom. The van der Waals surface area contributed by atoms with Gasteiger partial charge in [-0.15, -0.1) is 0 Å². The number of nitrogens with zero attached hydrogens (tertiary/aromatic N) is 1. The molecule has 0 radical (unpaired) electrons. The Morgan fingerprint density at radius 1 is 0.212 bits per heavy atom. The van der Waals surface area contributed by atoms with Crippen LogP contribution in [0.2, 0.25) is 0 Å². The van der Waals surface area contributed by atoms with Gasteiger partial charge in [0.15, 0.2) is 0 Å². The molecule has 2 nitrogen and oxygen atoms in total. The molecule has 1 aromatic heterocycles. The molecular formula is C64H43NO. The fourth-order valence-corrected chi connectivity index (χ4v) is 9.40. The molecule has 0 spiro atoms. The van der Waals surface area contributed by atoms with E-state index in [4.69, 9.17) is 4.42 Å². The summed E-state index contributed by atoms with van der Waals surface area (Å²) >= 11 is 0. The Morgan fingerprint density at radius 2 is 0.636 bits per heavy atom. The number of hydrogen-bond acceptors (Lipinski definition) is 2. The van der Waals surface area contributed by atoms with Crippen molar-refractivity contribution in [3.63, 3.8) is 0 Å². The van der Waals surface area contributed by atoms with Crippen LogP contribution >= 0.6 is 0 Å². The van der Waals surface area contributed by atoms with Gasteiger partial charge < -0.3 is 9.32 Å². The van der Waals surface area contributed by atoms with E-state index in [1.807, 2.05) is 12.1 Å². The molecule has 66 heavy (non-hydrogen) atoms. The highest BCUT2D eigenvalue weighted by molar-refractivity contribution is 6.06. The quantitative estimate of drug-likeness (QED) is 0.144. The topological polar surface area (TPSA) is 16.4 Å². The van der Waals surface area contributed by atoms with E-state index in [-0.39, 0.29) is 0 Å². The van der Waals surface area contributed by atoms with Crippen molar-refractivity contribution in [1.29, 1.82) is 0 Å². The zero-order valence-corrected chi connectivity index (χ0v) is 36.2. The third-order valence-electron chi connectivity index (χ3n) is 12.8. The SMILES string of the molecule is c1ccc(-c2cc(-c3ccccc3)cc(-c3ccc(N(c4ccc(-c5ccc(-c6ccc7ccccc7c6)cc5)cc4)c4cccc(-c5ccc6oc7ccccc7c6c5)c4)cc3)c2)cc1. The summed E-state index contributed by atoms with van der Waals surface area (Å²) in [6.45, 7) is 0. The van der Waals surface area contributed by atoms with Crippen LogP contribution in [0.3, 0.4) is 0 Å². The lowest BCUT2D eigenvalue weighted by molar-refractivity contribution is 0.669. The van der Waals surface area contributed by atoms with E-state index in [9.17, 15) is 0 Å². The van der Waals surface area contributed by atoms with Crippen molar-refractivity contribution in [2.24, 2.45) is 0 Å². The molecule has 0 atom stereocenters. The second-order valence-corrected chi connectivity index (χ2v) is 17.0. The van der Waals surface area contributed by atoms with Gasteiger partial charge in [0.05, 0.1) is 0 Å². The molecule has 11 aromatic carbocycles. The van der Waals surface area contributed by atoms with Gasteiger partial charge in [-0.25, -0.2) is 0 Å². The third kappa shape index (κ3) is 7.51. The molecule has 12 aromatic rings. The molecule has 12 rings (SSSR count). The largest absolute Gasteiger partial charge is 0.456 e. The molecule has 0 N–H and O–H groups in total. The predicted octanol–water partition coefficient (Wildman–Crippen LogP) is 18.2. The number of benzene rings is 11. The van der Waals surface area contributed by atoms with Crippen LogP contribution in [0.15, 0.2) is 265 Å². The van der Waals surface area contributed by atoms with Crippen molar-refractivity contribution in [2.45, 2.75) is 0 Å². The van der Waals surface area contributed by atoms with E-state index in [1.165, 1.54) is 60.8 Å². The first-order valence-corrected chi connectivity index (χ1v) is 22.5. The minimum Gasteiger partial charge on any atom is -0.456 e. The number of rotatable bonds is 9. The number of furan rings is 1. The van der Waals surface area contributed by atoms with E-state index >= 15 is 0 Å². The van der Waals surface area contributed by atoms with Crippen LogP contribution in [0.5, 0.6) is 0 Å². The Bertz CT molecular complexity index is 3610. The first-order chi connectivity index (χ1) is 32.7. The van der Waals surface area contributed by atoms with Gasteiger partial charge in [-0.05, 0) is 156 Å². The third-order valence-corrected chi connectivity index (χ3v) is 12.8. The van der Waals surface area contributed by atoms with Crippen LogP contribution in [0.25, 0.3) is 99.5 Å². The summed E-state index contributed by atoms with van der Waals surface area (Å²) in [5, 5.41) is 4.75. The summed E-state index contributed by atoms with van der Waals surface area (Å²) < 4.78 is 6.19. The summed E-state index contributed by atoms with van der Waals surface area (Å²) in [5.74, 6) is 0. The predicted molar refractivity (Wildman–Crippen MR) is 279 cm³/mol. The lowest BCUT2D eigenvalue weighted by Gasteiger charge is -2.26. The molecule has 0 fully saturated rings. The maximum atomic E-state index is 6.19. The van der Waals surface area contributed by atoms with Gasteiger partial charge in [-0.1, -0.05) is 182 Å². The molecule has 0 aliphatic carbocycles. The first-order valence-electron chi connectivity index (χ1n) is 22.5. The van der Waals surface area contributed by atoms with Crippen LogP contribution in [0.1, 0.15) is 0 Å². The van der Waals surface area contributed by atoms with Crippen molar-refractivity contribution < 1.29 is 4.42 Å². The van der Waals surface area contributed by atoms with Gasteiger partial charge in [0.1, 0.15) is 11.2 Å². The van der Waals surface area contributed by atoms with Gasteiger partial charge in [0.25, 0.3) is 0 Å². The molecule has 0 bridgehead atoms. The van der Waals surface area contributed by atoms with Gasteiger partial charge >= 0.3 is 0 Å². The molecule has 1 heterocycles. The van der Waals surface area contributed by atoms with Gasteiger partial charge in [-0.2, -0.15) is 0 Å². The van der Waals surface area contributed by atoms with Crippen LogP contribution in [-0.4, -0.2) is 0 Å². The smallest absolute Gasteiger partial charge is 0.135 e. The molecular weight excluding hydrogens is 799 g/mol. The highest BCUT2D eigenvalue weighted by atomic mass is 16.3. The van der Waals surface area contributed by atoms with Crippen molar-refractivity contribution in [1.82, 2.24) is 0 Å². The Kier molecular flexibility index (Phi) is 9.89. The molecule has 310 valence electrons. The van der Waals surface area contributed by atoms with Crippen molar-refractivity contribution in [2.75, 3.05) is 4.90 Å². The van der Waals surface area contributed by atoms with E-state index in [1.54, 1.807) is 0 Å². The fraction of sp³-hybridized carbons (Fsp3) is 0. The second-order valence-electron chi connectivity index (χ2n) is 17.0. The van der Waals surface area contributed by atoms with Crippen LogP contribution in [-0.2, 0) is 0 Å². The normalized spacial score (nSPS) is 11.3. The monoisotopic (exact) mass is 841 g/mol. The summed E-state index contributed by atoms with van der Waals surface area (Å²) in [7, 11) is 0. The average Bonchev–Trinajstić information content (AvgIpc) is 3.78. The highest BCUT2D eigenvalue weighted by Crippen LogP contribution is 2.41. The molecule has 0 saturated carbocycles. The maximum Gasteiger partial charge on any atom is 0.135 e. The molecule has 0 unspecified atom stereocenters. The minimum atomic E-state index is 0.895. The van der Waals surface area contributed by atoms with E-state index in [0.29, 0.717) is 0 Å². The van der Waals surface area contributed by atoms with E-state index in [0.717, 1.165) is 55.7 Å². The Balaban J connectivity index is 0.919. The zero-order chi connectivity index (χ0) is 43.8. The lowest BCUT2D eigenvalue weighted by Crippen LogP contribution is -2.10. The number of hydrogen-bond donors (Lipinski definition) is 0. The molecule has 0 aliphatic rings. The lowest BCUT2D eigenvalue weighted by atomic mass is 9.93. The summed E-state index contributed by atoms with van der Waals surface area (Å²) in [4.78, 5) is 2.36. The van der Waals surface area contributed by atoms with Gasteiger partial charge in [0.2, 0.25) is 0 Å². The van der Waals surface area contributed by atoms with Gasteiger partial charge in [0, 0.05) is 27.8 Å². The number of anilines is 3. The van der Waals surface area contributed by atoms with Crippen LogP contribution < -0.4 is 4.90 Å². The molecule has 0 aliphatic heterocycles. The van der Waals surface area contributed by atoms with Crippen LogP contribution in [0.4, 0.5) is 17.1 Å². The number of fused-ring (bicyclic) bond motifs is 4. The summed E-state index contributed by atoms with van der Waals surface area (Å²) in [6, 6.07) is 94.0. The Labute approximate surface area is 384 Å². The molecule has 0 amide bonds. The number of para-hydroxylation sites is 1. The molecule has 2 heteroatoms. The fourth-order valence-electron chi connectivity index (χ4n) is 9.40. The van der Waals surface area contributed by atoms with Crippen LogP contribution in [0, 0.1) is 0 Å². The van der Waals surface area contributed by atoms with Crippen molar-refractivity contribution in [3.8, 4) is 66.8 Å². The highest BCUT2D eigenvalue weighted by Gasteiger charge is 2.16. The average molecular weight is 842 g/mol.